The SMILES string of the molecule is CC1(C)c2ccccc2-c2ccc(-c3cc(N(c4ccccc4)c4ccccc4)c4c5ccccc5c5c(-c6ccc7c(c6)C(C)(C)c6ccccc6-7)cc(N(c6ccccc6)c6ccccc6)c6ccc3c4c65)cc21. The Kier molecular flexibility index (Phi) is 9.69. The van der Waals surface area contributed by atoms with E-state index in [1.807, 2.05) is 0 Å². The highest BCUT2D eigenvalue weighted by molar-refractivity contribution is 6.41. The topological polar surface area (TPSA) is 6.48 Å². The van der Waals surface area contributed by atoms with Crippen LogP contribution in [-0.2, 0) is 10.8 Å². The zero-order valence-corrected chi connectivity index (χ0v) is 43.1. The summed E-state index contributed by atoms with van der Waals surface area (Å²) in [5.74, 6) is 0. The molecule has 0 saturated carbocycles. The second kappa shape index (κ2) is 16.6. The first-order valence-electron chi connectivity index (χ1n) is 26.8. The molecule has 0 radical (unpaired) electrons. The molecule has 2 heteroatoms. The molecule has 360 valence electrons. The zero-order chi connectivity index (χ0) is 50.9. The lowest BCUT2D eigenvalue weighted by Gasteiger charge is -2.32. The van der Waals surface area contributed by atoms with Crippen LogP contribution in [0.4, 0.5) is 34.1 Å². The fraction of sp³-hybridized carbons (Fsp3) is 0.0811. The second-order valence-electron chi connectivity index (χ2n) is 22.0. The molecular formula is C74H54N2. The molecule has 0 bridgehead atoms. The molecule has 0 spiro atoms. The van der Waals surface area contributed by atoms with Gasteiger partial charge in [0.2, 0.25) is 0 Å². The molecule has 0 heterocycles. The standard InChI is InChI=1S/C74H54N2/c1-73(2)63-35-21-19-31-53(63)55-39-37-47(43-65(55)73)61-45-68(76(51-27-13-7-14-28-51)52-29-15-8-16-30-52)70-58-34-18-17-33-57(58)69-62(48-38-40-56-54-32-20-22-36-64(54)74(3,4)66(56)44-48)46-67(60-42-41-59(61)71(70)72(60)69)75(49-23-9-5-10-24-49)50-25-11-6-12-26-50/h5-46H,1-4H3. The smallest absolute Gasteiger partial charge is 0.0553 e. The van der Waals surface area contributed by atoms with E-state index in [9.17, 15) is 0 Å². The Labute approximate surface area is 444 Å². The van der Waals surface area contributed by atoms with Crippen LogP contribution in [0.25, 0.3) is 87.6 Å². The van der Waals surface area contributed by atoms with Crippen LogP contribution in [0.1, 0.15) is 49.9 Å². The van der Waals surface area contributed by atoms with Crippen molar-refractivity contribution in [3.8, 4) is 44.5 Å². The Morgan fingerprint density at radius 1 is 0.237 bits per heavy atom. The van der Waals surface area contributed by atoms with Gasteiger partial charge < -0.3 is 9.80 Å². The number of nitrogens with zero attached hydrogens (tertiary/aromatic N) is 2. The predicted octanol–water partition coefficient (Wildman–Crippen LogP) is 20.6. The van der Waals surface area contributed by atoms with Crippen molar-refractivity contribution in [2.24, 2.45) is 0 Å². The minimum absolute atomic E-state index is 0.168. The number of rotatable bonds is 8. The lowest BCUT2D eigenvalue weighted by molar-refractivity contribution is 0.660. The zero-order valence-electron chi connectivity index (χ0n) is 43.1. The number of benzene rings is 13. The first kappa shape index (κ1) is 44.3. The van der Waals surface area contributed by atoms with E-state index in [4.69, 9.17) is 0 Å². The lowest BCUT2D eigenvalue weighted by Crippen LogP contribution is -2.15. The van der Waals surface area contributed by atoms with Gasteiger partial charge in [-0.25, -0.2) is 0 Å². The van der Waals surface area contributed by atoms with Crippen molar-refractivity contribution in [3.63, 3.8) is 0 Å². The van der Waals surface area contributed by atoms with Crippen LogP contribution in [0.15, 0.2) is 255 Å². The summed E-state index contributed by atoms with van der Waals surface area (Å²) in [5, 5.41) is 9.90. The normalized spacial score (nSPS) is 13.7. The van der Waals surface area contributed by atoms with E-state index in [1.165, 1.54) is 110 Å². The van der Waals surface area contributed by atoms with Crippen LogP contribution in [0, 0.1) is 0 Å². The molecule has 2 nitrogen and oxygen atoms in total. The minimum Gasteiger partial charge on any atom is -0.310 e. The van der Waals surface area contributed by atoms with E-state index in [0.29, 0.717) is 0 Å². The van der Waals surface area contributed by atoms with E-state index >= 15 is 0 Å². The maximum absolute atomic E-state index is 2.52. The lowest BCUT2D eigenvalue weighted by atomic mass is 9.79. The second-order valence-corrected chi connectivity index (χ2v) is 22.0. The summed E-state index contributed by atoms with van der Waals surface area (Å²) in [5.41, 5.74) is 22.0. The summed E-state index contributed by atoms with van der Waals surface area (Å²) < 4.78 is 0. The summed E-state index contributed by atoms with van der Waals surface area (Å²) in [7, 11) is 0. The number of hydrogen-bond donors (Lipinski definition) is 0. The van der Waals surface area contributed by atoms with Gasteiger partial charge in [-0.05, 0) is 161 Å². The molecule has 0 N–H and O–H groups in total. The third kappa shape index (κ3) is 6.40. The molecule has 2 aliphatic rings. The van der Waals surface area contributed by atoms with Crippen molar-refractivity contribution >= 4 is 77.2 Å². The first-order chi connectivity index (χ1) is 37.3. The van der Waals surface area contributed by atoms with Crippen molar-refractivity contribution in [3.05, 3.63) is 277 Å². The fourth-order valence-corrected chi connectivity index (χ4v) is 13.6. The predicted molar refractivity (Wildman–Crippen MR) is 323 cm³/mol. The highest BCUT2D eigenvalue weighted by atomic mass is 15.1. The van der Waals surface area contributed by atoms with Gasteiger partial charge in [0.15, 0.2) is 0 Å². The van der Waals surface area contributed by atoms with Gasteiger partial charge in [0.1, 0.15) is 0 Å². The van der Waals surface area contributed by atoms with Gasteiger partial charge in [-0.2, -0.15) is 0 Å². The molecular weight excluding hydrogens is 917 g/mol. The van der Waals surface area contributed by atoms with Crippen molar-refractivity contribution in [2.75, 3.05) is 9.80 Å². The third-order valence-electron chi connectivity index (χ3n) is 17.2. The van der Waals surface area contributed by atoms with Crippen molar-refractivity contribution in [1.29, 1.82) is 0 Å². The number of fused-ring (bicyclic) bond motifs is 9. The van der Waals surface area contributed by atoms with Gasteiger partial charge >= 0.3 is 0 Å². The molecule has 13 aromatic rings. The van der Waals surface area contributed by atoms with Crippen LogP contribution < -0.4 is 9.80 Å². The Morgan fingerprint density at radius 3 is 1.11 bits per heavy atom. The minimum atomic E-state index is -0.176. The molecule has 0 amide bonds. The van der Waals surface area contributed by atoms with E-state index in [2.05, 4.69) is 292 Å². The Balaban J connectivity index is 1.14. The van der Waals surface area contributed by atoms with Gasteiger partial charge in [-0.1, -0.05) is 210 Å². The summed E-state index contributed by atoms with van der Waals surface area (Å²) in [6.45, 7) is 9.57. The molecule has 0 atom stereocenters. The van der Waals surface area contributed by atoms with Gasteiger partial charge in [0.25, 0.3) is 0 Å². The summed E-state index contributed by atoms with van der Waals surface area (Å²) in [4.78, 5) is 4.98. The van der Waals surface area contributed by atoms with Gasteiger partial charge in [-0.3, -0.25) is 0 Å². The molecule has 0 fully saturated rings. The summed E-state index contributed by atoms with van der Waals surface area (Å²) in [6.07, 6.45) is 0. The Hall–Kier alpha value is -9.24. The first-order valence-corrected chi connectivity index (χ1v) is 26.8. The Morgan fingerprint density at radius 2 is 0.605 bits per heavy atom. The van der Waals surface area contributed by atoms with Crippen molar-refractivity contribution in [2.45, 2.75) is 38.5 Å². The third-order valence-corrected chi connectivity index (χ3v) is 17.2. The molecule has 0 aromatic heterocycles. The van der Waals surface area contributed by atoms with Crippen LogP contribution in [0.3, 0.4) is 0 Å². The monoisotopic (exact) mass is 970 g/mol. The van der Waals surface area contributed by atoms with Crippen molar-refractivity contribution in [1.82, 2.24) is 0 Å². The van der Waals surface area contributed by atoms with Crippen LogP contribution >= 0.6 is 0 Å². The van der Waals surface area contributed by atoms with Crippen LogP contribution in [0.5, 0.6) is 0 Å². The average molecular weight is 971 g/mol. The van der Waals surface area contributed by atoms with Gasteiger partial charge in [0.05, 0.1) is 11.4 Å². The highest BCUT2D eigenvalue weighted by Crippen LogP contribution is 2.57. The number of hydrogen-bond acceptors (Lipinski definition) is 2. The van der Waals surface area contributed by atoms with E-state index in [-0.39, 0.29) is 10.8 Å². The summed E-state index contributed by atoms with van der Waals surface area (Å²) >= 11 is 0. The Bertz CT molecular complexity index is 4360. The van der Waals surface area contributed by atoms with E-state index < -0.39 is 0 Å². The van der Waals surface area contributed by atoms with Crippen molar-refractivity contribution < 1.29 is 0 Å². The highest BCUT2D eigenvalue weighted by Gasteiger charge is 2.38. The molecule has 0 aliphatic heterocycles. The molecule has 0 saturated heterocycles. The molecule has 2 aliphatic carbocycles. The van der Waals surface area contributed by atoms with E-state index in [0.717, 1.165) is 34.1 Å². The van der Waals surface area contributed by atoms with E-state index in [1.54, 1.807) is 0 Å². The van der Waals surface area contributed by atoms with Gasteiger partial charge in [0, 0.05) is 55.1 Å². The summed E-state index contributed by atoms with van der Waals surface area (Å²) in [6, 6.07) is 95.4. The number of anilines is 6. The molecule has 13 aromatic carbocycles. The molecule has 76 heavy (non-hydrogen) atoms. The van der Waals surface area contributed by atoms with Crippen LogP contribution in [-0.4, -0.2) is 0 Å². The molecule has 0 unspecified atom stereocenters. The van der Waals surface area contributed by atoms with Gasteiger partial charge in [-0.15, -0.1) is 0 Å². The maximum Gasteiger partial charge on any atom is 0.0553 e. The number of para-hydroxylation sites is 4. The fourth-order valence-electron chi connectivity index (χ4n) is 13.6. The average Bonchev–Trinajstić information content (AvgIpc) is 3.90. The quantitative estimate of drug-likeness (QED) is 0.111. The van der Waals surface area contributed by atoms with Crippen LogP contribution in [0.2, 0.25) is 0 Å². The molecule has 15 rings (SSSR count). The maximum atomic E-state index is 2.52. The largest absolute Gasteiger partial charge is 0.310 e.